The number of halogens is 5. The second kappa shape index (κ2) is 4.11. The van der Waals surface area contributed by atoms with Crippen molar-refractivity contribution in [3.8, 4) is 0 Å². The molecule has 84 valence electrons. The first-order chi connectivity index (χ1) is 6.91. The first kappa shape index (κ1) is 11.9. The van der Waals surface area contributed by atoms with Gasteiger partial charge in [0.05, 0.1) is 11.7 Å². The van der Waals surface area contributed by atoms with Crippen LogP contribution in [0.3, 0.4) is 0 Å². The average Bonchev–Trinajstić information content (AvgIpc) is 2.23. The van der Waals surface area contributed by atoms with Crippen molar-refractivity contribution in [3.05, 3.63) is 34.6 Å². The van der Waals surface area contributed by atoms with Crippen LogP contribution in [0.2, 0.25) is 0 Å². The zero-order valence-electron chi connectivity index (χ0n) is 7.20. The molecule has 1 aromatic carbocycles. The summed E-state index contributed by atoms with van der Waals surface area (Å²) >= 11 is 0. The van der Waals surface area contributed by atoms with Crippen LogP contribution >= 0.6 is 0 Å². The second-order valence-corrected chi connectivity index (χ2v) is 2.74. The third-order valence-corrected chi connectivity index (χ3v) is 1.80. The van der Waals surface area contributed by atoms with Gasteiger partial charge < -0.3 is 10.8 Å². The molecule has 7 heteroatoms. The molecule has 15 heavy (non-hydrogen) atoms. The Morgan fingerprint density at radius 2 is 1.20 bits per heavy atom. The van der Waals surface area contributed by atoms with Crippen LogP contribution in [0, 0.1) is 29.1 Å². The smallest absolute Gasteiger partial charge is 0.200 e. The van der Waals surface area contributed by atoms with E-state index in [1.54, 1.807) is 0 Å². The van der Waals surface area contributed by atoms with Gasteiger partial charge in [-0.2, -0.15) is 0 Å². The summed E-state index contributed by atoms with van der Waals surface area (Å²) in [6, 6.07) is 0. The Morgan fingerprint density at radius 1 is 0.867 bits per heavy atom. The molecule has 0 aromatic heterocycles. The molecule has 0 heterocycles. The normalized spacial score (nSPS) is 13.0. The van der Waals surface area contributed by atoms with E-state index < -0.39 is 47.3 Å². The summed E-state index contributed by atoms with van der Waals surface area (Å²) in [4.78, 5) is 0. The maximum absolute atomic E-state index is 12.9. The van der Waals surface area contributed by atoms with E-state index in [0.717, 1.165) is 0 Å². The Labute approximate surface area is 81.1 Å². The first-order valence-corrected chi connectivity index (χ1v) is 3.81. The van der Waals surface area contributed by atoms with Crippen molar-refractivity contribution in [3.63, 3.8) is 0 Å². The summed E-state index contributed by atoms with van der Waals surface area (Å²) < 4.78 is 63.5. The van der Waals surface area contributed by atoms with Gasteiger partial charge in [-0.3, -0.25) is 0 Å². The standard InChI is InChI=1S/C8H6F5NO/c9-4-3(2(15)1-14)5(10)7(12)8(13)6(4)11/h2,15H,1,14H2/t2-/m0/s1. The highest BCUT2D eigenvalue weighted by Crippen LogP contribution is 2.27. The van der Waals surface area contributed by atoms with Gasteiger partial charge in [-0.15, -0.1) is 0 Å². The Bertz CT molecular complexity index is 366. The Balaban J connectivity index is 3.52. The van der Waals surface area contributed by atoms with E-state index in [2.05, 4.69) is 0 Å². The lowest BCUT2D eigenvalue weighted by atomic mass is 10.1. The predicted molar refractivity (Wildman–Crippen MR) is 40.2 cm³/mol. The molecule has 0 aliphatic carbocycles. The highest BCUT2D eigenvalue weighted by atomic mass is 19.2. The number of aliphatic hydroxyl groups is 1. The fourth-order valence-corrected chi connectivity index (χ4v) is 1.03. The minimum absolute atomic E-state index is 0.654. The van der Waals surface area contributed by atoms with Gasteiger partial charge in [0.1, 0.15) is 0 Å². The Morgan fingerprint density at radius 3 is 1.53 bits per heavy atom. The summed E-state index contributed by atoms with van der Waals surface area (Å²) in [5, 5.41) is 8.97. The van der Waals surface area contributed by atoms with Crippen molar-refractivity contribution in [2.75, 3.05) is 6.54 Å². The van der Waals surface area contributed by atoms with Crippen LogP contribution in [0.25, 0.3) is 0 Å². The van der Waals surface area contributed by atoms with Crippen LogP contribution in [-0.4, -0.2) is 11.7 Å². The molecule has 3 N–H and O–H groups in total. The molecule has 0 fully saturated rings. The summed E-state index contributed by atoms with van der Waals surface area (Å²) in [5.74, 6) is -10.6. The molecule has 2 nitrogen and oxygen atoms in total. The van der Waals surface area contributed by atoms with Crippen LogP contribution in [0.5, 0.6) is 0 Å². The van der Waals surface area contributed by atoms with Crippen molar-refractivity contribution in [1.82, 2.24) is 0 Å². The van der Waals surface area contributed by atoms with Gasteiger partial charge in [0.15, 0.2) is 23.3 Å². The maximum Gasteiger partial charge on any atom is 0.200 e. The number of benzene rings is 1. The van der Waals surface area contributed by atoms with Crippen molar-refractivity contribution in [1.29, 1.82) is 0 Å². The van der Waals surface area contributed by atoms with Crippen molar-refractivity contribution in [2.45, 2.75) is 6.10 Å². The largest absolute Gasteiger partial charge is 0.387 e. The van der Waals surface area contributed by atoms with E-state index in [-0.39, 0.29) is 0 Å². The van der Waals surface area contributed by atoms with Crippen LogP contribution < -0.4 is 5.73 Å². The SMILES string of the molecule is NC[C@H](O)c1c(F)c(F)c(F)c(F)c1F. The summed E-state index contributed by atoms with van der Waals surface area (Å²) in [5.41, 5.74) is 3.55. The van der Waals surface area contributed by atoms with Crippen LogP contribution in [-0.2, 0) is 0 Å². The minimum Gasteiger partial charge on any atom is -0.387 e. The maximum atomic E-state index is 12.9. The quantitative estimate of drug-likeness (QED) is 0.455. The minimum atomic E-state index is -2.27. The lowest BCUT2D eigenvalue weighted by molar-refractivity contribution is 0.171. The molecule has 1 aromatic rings. The van der Waals surface area contributed by atoms with Crippen molar-refractivity contribution in [2.24, 2.45) is 5.73 Å². The van der Waals surface area contributed by atoms with Gasteiger partial charge >= 0.3 is 0 Å². The highest BCUT2D eigenvalue weighted by Gasteiger charge is 2.28. The third kappa shape index (κ3) is 1.80. The molecule has 0 bridgehead atoms. The number of rotatable bonds is 2. The molecule has 0 aliphatic rings. The predicted octanol–water partition coefficient (Wildman–Crippen LogP) is 1.37. The van der Waals surface area contributed by atoms with Gasteiger partial charge in [0.2, 0.25) is 5.82 Å². The monoisotopic (exact) mass is 227 g/mol. The average molecular weight is 227 g/mol. The number of aliphatic hydroxyl groups excluding tert-OH is 1. The molecule has 0 saturated carbocycles. The lowest BCUT2D eigenvalue weighted by Gasteiger charge is -2.12. The van der Waals surface area contributed by atoms with E-state index in [1.165, 1.54) is 0 Å². The van der Waals surface area contributed by atoms with E-state index >= 15 is 0 Å². The zero-order valence-corrected chi connectivity index (χ0v) is 7.20. The molecule has 1 rings (SSSR count). The van der Waals surface area contributed by atoms with Crippen molar-refractivity contribution < 1.29 is 27.1 Å². The summed E-state index contributed by atoms with van der Waals surface area (Å²) in [7, 11) is 0. The fourth-order valence-electron chi connectivity index (χ4n) is 1.03. The Hall–Kier alpha value is -1.21. The number of hydrogen-bond donors (Lipinski definition) is 2. The fraction of sp³-hybridized carbons (Fsp3) is 0.250. The van der Waals surface area contributed by atoms with Gasteiger partial charge in [0, 0.05) is 6.54 Å². The van der Waals surface area contributed by atoms with Gasteiger partial charge in [-0.25, -0.2) is 22.0 Å². The molecule has 0 spiro atoms. The molecule has 0 aliphatic heterocycles. The van der Waals surface area contributed by atoms with E-state index in [1.807, 2.05) is 0 Å². The molecule has 0 saturated heterocycles. The van der Waals surface area contributed by atoms with Crippen molar-refractivity contribution >= 4 is 0 Å². The second-order valence-electron chi connectivity index (χ2n) is 2.74. The van der Waals surface area contributed by atoms with Gasteiger partial charge in [-0.05, 0) is 0 Å². The number of nitrogens with two attached hydrogens (primary N) is 1. The molecule has 0 amide bonds. The Kier molecular flexibility index (Phi) is 3.25. The van der Waals surface area contributed by atoms with Crippen LogP contribution in [0.1, 0.15) is 11.7 Å². The van der Waals surface area contributed by atoms with E-state index in [9.17, 15) is 22.0 Å². The third-order valence-electron chi connectivity index (χ3n) is 1.80. The lowest BCUT2D eigenvalue weighted by Crippen LogP contribution is -2.18. The number of hydrogen-bond acceptors (Lipinski definition) is 2. The summed E-state index contributed by atoms with van der Waals surface area (Å²) in [6.07, 6.45) is -1.94. The topological polar surface area (TPSA) is 46.2 Å². The van der Waals surface area contributed by atoms with Crippen LogP contribution in [0.15, 0.2) is 0 Å². The highest BCUT2D eigenvalue weighted by molar-refractivity contribution is 5.26. The summed E-state index contributed by atoms with van der Waals surface area (Å²) in [6.45, 7) is -0.654. The van der Waals surface area contributed by atoms with Crippen LogP contribution in [0.4, 0.5) is 22.0 Å². The molecule has 1 atom stereocenters. The van der Waals surface area contributed by atoms with E-state index in [0.29, 0.717) is 0 Å². The van der Waals surface area contributed by atoms with Gasteiger partial charge in [-0.1, -0.05) is 0 Å². The molecule has 0 radical (unpaired) electrons. The molecular weight excluding hydrogens is 221 g/mol. The zero-order chi connectivity index (χ0) is 11.7. The van der Waals surface area contributed by atoms with E-state index in [4.69, 9.17) is 10.8 Å². The first-order valence-electron chi connectivity index (χ1n) is 3.81. The molecular formula is C8H6F5NO. The molecule has 0 unspecified atom stereocenters. The van der Waals surface area contributed by atoms with Gasteiger partial charge in [0.25, 0.3) is 0 Å².